The highest BCUT2D eigenvalue weighted by molar-refractivity contribution is 6.55. The van der Waals surface area contributed by atoms with E-state index in [0.29, 0.717) is 6.54 Å². The Kier molecular flexibility index (Phi) is 4.80. The smallest absolute Gasteiger partial charge is 0.400 e. The molecule has 0 spiro atoms. The van der Waals surface area contributed by atoms with Gasteiger partial charge in [-0.3, -0.25) is 0 Å². The maximum Gasteiger partial charge on any atom is 0.491 e. The minimum Gasteiger partial charge on any atom is -0.400 e. The summed E-state index contributed by atoms with van der Waals surface area (Å²) in [7, 11) is 1.44. The first-order valence-electron chi connectivity index (χ1n) is 7.62. The topological polar surface area (TPSA) is 30.5 Å². The molecule has 1 fully saturated rings. The van der Waals surface area contributed by atoms with Crippen LogP contribution in [0.4, 0.5) is 4.39 Å². The van der Waals surface area contributed by atoms with E-state index in [0.717, 1.165) is 16.6 Å². The molecule has 1 aliphatic heterocycles. The Morgan fingerprint density at radius 3 is 2.27 bits per heavy atom. The molecule has 0 radical (unpaired) electrons. The molecule has 120 valence electrons. The highest BCUT2D eigenvalue weighted by atomic mass is 19.1. The van der Waals surface area contributed by atoms with Crippen LogP contribution in [0.5, 0.6) is 0 Å². The predicted molar refractivity (Wildman–Crippen MR) is 89.1 cm³/mol. The number of aryl methyl sites for hydroxylation is 1. The standard InChI is InChI=1S/C17H25BFNO2/c1-12-7-13(10-15(19)8-12)9-14(11-20-6)18-21-16(2,3)17(4,5)22-18/h7-10,20H,11H2,1-6H3. The zero-order valence-electron chi connectivity index (χ0n) is 14.3. The fourth-order valence-corrected chi connectivity index (χ4v) is 2.46. The summed E-state index contributed by atoms with van der Waals surface area (Å²) in [5.41, 5.74) is 1.89. The van der Waals surface area contributed by atoms with Crippen LogP contribution in [0.25, 0.3) is 6.08 Å². The SMILES string of the molecule is CNCC(=Cc1cc(C)cc(F)c1)B1OC(C)(C)C(C)(C)O1. The zero-order valence-corrected chi connectivity index (χ0v) is 14.3. The molecule has 1 saturated heterocycles. The molecule has 1 aromatic rings. The first-order valence-corrected chi connectivity index (χ1v) is 7.62. The Bertz CT molecular complexity index is 548. The van der Waals surface area contributed by atoms with E-state index in [9.17, 15) is 4.39 Å². The Morgan fingerprint density at radius 1 is 1.18 bits per heavy atom. The van der Waals surface area contributed by atoms with Crippen molar-refractivity contribution < 1.29 is 13.7 Å². The number of benzene rings is 1. The first-order chi connectivity index (χ1) is 10.1. The summed E-state index contributed by atoms with van der Waals surface area (Å²) in [6.45, 7) is 10.6. The van der Waals surface area contributed by atoms with E-state index in [1.165, 1.54) is 12.1 Å². The van der Waals surface area contributed by atoms with E-state index in [4.69, 9.17) is 9.31 Å². The minimum absolute atomic E-state index is 0.232. The highest BCUT2D eigenvalue weighted by Gasteiger charge is 2.52. The quantitative estimate of drug-likeness (QED) is 0.865. The van der Waals surface area contributed by atoms with Crippen molar-refractivity contribution in [1.29, 1.82) is 0 Å². The van der Waals surface area contributed by atoms with Gasteiger partial charge in [0, 0.05) is 6.54 Å². The van der Waals surface area contributed by atoms with Gasteiger partial charge in [-0.1, -0.05) is 12.1 Å². The Labute approximate surface area is 133 Å². The minimum atomic E-state index is -0.430. The third-order valence-electron chi connectivity index (χ3n) is 4.35. The highest BCUT2D eigenvalue weighted by Crippen LogP contribution is 2.38. The third-order valence-corrected chi connectivity index (χ3v) is 4.35. The first kappa shape index (κ1) is 17.2. The molecule has 2 rings (SSSR count). The van der Waals surface area contributed by atoms with Crippen LogP contribution in [0, 0.1) is 12.7 Å². The van der Waals surface area contributed by atoms with E-state index in [2.05, 4.69) is 5.32 Å². The van der Waals surface area contributed by atoms with E-state index in [-0.39, 0.29) is 17.0 Å². The van der Waals surface area contributed by atoms with Crippen LogP contribution >= 0.6 is 0 Å². The lowest BCUT2D eigenvalue weighted by Crippen LogP contribution is -2.41. The second-order valence-corrected chi connectivity index (χ2v) is 6.90. The molecular formula is C17H25BFNO2. The summed E-state index contributed by atoms with van der Waals surface area (Å²) >= 11 is 0. The van der Waals surface area contributed by atoms with Crippen molar-refractivity contribution in [3.63, 3.8) is 0 Å². The average molecular weight is 305 g/mol. The van der Waals surface area contributed by atoms with Gasteiger partial charge < -0.3 is 14.6 Å². The summed E-state index contributed by atoms with van der Waals surface area (Å²) in [5.74, 6) is -0.232. The lowest BCUT2D eigenvalue weighted by atomic mass is 9.77. The number of nitrogens with one attached hydrogen (secondary N) is 1. The number of halogens is 1. The van der Waals surface area contributed by atoms with Crippen molar-refractivity contribution in [1.82, 2.24) is 5.32 Å². The van der Waals surface area contributed by atoms with Crippen molar-refractivity contribution in [2.24, 2.45) is 0 Å². The molecule has 0 bridgehead atoms. The molecule has 0 atom stereocenters. The number of rotatable bonds is 4. The molecule has 3 nitrogen and oxygen atoms in total. The lowest BCUT2D eigenvalue weighted by Gasteiger charge is -2.32. The monoisotopic (exact) mass is 305 g/mol. The number of likely N-dealkylation sites (N-methyl/N-ethyl adjacent to an activating group) is 1. The second kappa shape index (κ2) is 6.15. The van der Waals surface area contributed by atoms with Crippen molar-refractivity contribution in [2.45, 2.75) is 45.8 Å². The maximum atomic E-state index is 13.6. The van der Waals surface area contributed by atoms with E-state index in [1.54, 1.807) is 0 Å². The lowest BCUT2D eigenvalue weighted by molar-refractivity contribution is 0.00578. The molecule has 1 aromatic carbocycles. The van der Waals surface area contributed by atoms with Crippen LogP contribution in [-0.2, 0) is 9.31 Å². The van der Waals surface area contributed by atoms with Gasteiger partial charge in [0.05, 0.1) is 11.2 Å². The molecule has 1 aliphatic rings. The van der Waals surface area contributed by atoms with Crippen LogP contribution in [0.3, 0.4) is 0 Å². The van der Waals surface area contributed by atoms with E-state index >= 15 is 0 Å². The van der Waals surface area contributed by atoms with Crippen LogP contribution < -0.4 is 5.32 Å². The number of hydrogen-bond donors (Lipinski definition) is 1. The van der Waals surface area contributed by atoms with Crippen molar-refractivity contribution in [3.05, 3.63) is 40.6 Å². The zero-order chi connectivity index (χ0) is 16.5. The molecule has 5 heteroatoms. The van der Waals surface area contributed by atoms with Gasteiger partial charge in [-0.05, 0) is 70.4 Å². The van der Waals surface area contributed by atoms with Crippen molar-refractivity contribution in [2.75, 3.05) is 13.6 Å². The molecule has 0 aromatic heterocycles. The van der Waals surface area contributed by atoms with E-state index < -0.39 is 7.12 Å². The molecule has 0 aliphatic carbocycles. The molecule has 1 N–H and O–H groups in total. The normalized spacial score (nSPS) is 20.5. The Morgan fingerprint density at radius 2 is 1.77 bits per heavy atom. The average Bonchev–Trinajstić information content (AvgIpc) is 2.56. The maximum absolute atomic E-state index is 13.6. The van der Waals surface area contributed by atoms with Gasteiger partial charge in [-0.25, -0.2) is 4.39 Å². The van der Waals surface area contributed by atoms with Gasteiger partial charge >= 0.3 is 7.12 Å². The van der Waals surface area contributed by atoms with Gasteiger partial charge in [0.25, 0.3) is 0 Å². The largest absolute Gasteiger partial charge is 0.491 e. The Hall–Kier alpha value is -1.17. The Balaban J connectivity index is 2.33. The fraction of sp³-hybridized carbons (Fsp3) is 0.529. The van der Waals surface area contributed by atoms with Gasteiger partial charge in [0.1, 0.15) is 5.82 Å². The van der Waals surface area contributed by atoms with E-state index in [1.807, 2.05) is 53.8 Å². The summed E-state index contributed by atoms with van der Waals surface area (Å²) in [6, 6.07) is 4.99. The third kappa shape index (κ3) is 3.59. The summed E-state index contributed by atoms with van der Waals surface area (Å²) in [5, 5.41) is 3.13. The van der Waals surface area contributed by atoms with Gasteiger partial charge in [0.15, 0.2) is 0 Å². The predicted octanol–water partition coefficient (Wildman–Crippen LogP) is 3.37. The molecule has 0 saturated carbocycles. The van der Waals surface area contributed by atoms with Crippen molar-refractivity contribution in [3.8, 4) is 0 Å². The molecule has 22 heavy (non-hydrogen) atoms. The van der Waals surface area contributed by atoms with Gasteiger partial charge in [0.2, 0.25) is 0 Å². The summed E-state index contributed by atoms with van der Waals surface area (Å²) < 4.78 is 25.8. The van der Waals surface area contributed by atoms with Crippen molar-refractivity contribution >= 4 is 13.2 Å². The number of hydrogen-bond acceptors (Lipinski definition) is 3. The molecule has 1 heterocycles. The summed E-state index contributed by atoms with van der Waals surface area (Å²) in [6.07, 6.45) is 1.94. The molecular weight excluding hydrogens is 280 g/mol. The summed E-state index contributed by atoms with van der Waals surface area (Å²) in [4.78, 5) is 0. The molecule has 0 amide bonds. The second-order valence-electron chi connectivity index (χ2n) is 6.90. The van der Waals surface area contributed by atoms with Gasteiger partial charge in [-0.2, -0.15) is 0 Å². The fourth-order valence-electron chi connectivity index (χ4n) is 2.46. The van der Waals surface area contributed by atoms with Gasteiger partial charge in [-0.15, -0.1) is 0 Å². The van der Waals surface area contributed by atoms with Crippen LogP contribution in [-0.4, -0.2) is 31.9 Å². The van der Waals surface area contributed by atoms with Crippen LogP contribution in [0.2, 0.25) is 0 Å². The van der Waals surface area contributed by atoms with Crippen LogP contribution in [0.15, 0.2) is 23.7 Å². The van der Waals surface area contributed by atoms with Crippen LogP contribution in [0.1, 0.15) is 38.8 Å². The molecule has 0 unspecified atom stereocenters.